The fourth-order valence-corrected chi connectivity index (χ4v) is 2.37. The van der Waals surface area contributed by atoms with Gasteiger partial charge in [0.2, 0.25) is 0 Å². The molecule has 0 fully saturated rings. The Morgan fingerprint density at radius 2 is 1.76 bits per heavy atom. The summed E-state index contributed by atoms with van der Waals surface area (Å²) in [6.45, 7) is 2.27. The van der Waals surface area contributed by atoms with E-state index in [2.05, 4.69) is 36.2 Å². The van der Waals surface area contributed by atoms with Gasteiger partial charge < -0.3 is 4.98 Å². The second-order valence-electron chi connectivity index (χ2n) is 4.92. The fraction of sp³-hybridized carbons (Fsp3) is 0.500. The highest BCUT2D eigenvalue weighted by molar-refractivity contribution is 5.79. The van der Waals surface area contributed by atoms with Crippen molar-refractivity contribution in [3.8, 4) is 0 Å². The number of aromatic amines is 1. The van der Waals surface area contributed by atoms with Crippen molar-refractivity contribution in [1.82, 2.24) is 4.98 Å². The number of rotatable bonds is 7. The quantitative estimate of drug-likeness (QED) is 0.638. The van der Waals surface area contributed by atoms with Gasteiger partial charge in [0, 0.05) is 11.7 Å². The third kappa shape index (κ3) is 3.62. The average molecular weight is 229 g/mol. The maximum Gasteiger partial charge on any atom is 0.0454 e. The third-order valence-corrected chi connectivity index (χ3v) is 3.44. The normalized spacial score (nSPS) is 11.1. The first-order valence-corrected chi connectivity index (χ1v) is 6.96. The van der Waals surface area contributed by atoms with Gasteiger partial charge in [0.15, 0.2) is 0 Å². The molecule has 0 bridgehead atoms. The molecule has 0 aliphatic heterocycles. The molecule has 1 N–H and O–H groups in total. The molecule has 0 spiro atoms. The standard InChI is InChI=1S/C16H23N/c1-2-3-4-5-6-7-8-14-9-10-16-15(13-14)11-12-17-16/h9-13,17H,2-8H2,1H3. The molecule has 0 aliphatic carbocycles. The Balaban J connectivity index is 1.75. The Bertz CT molecular complexity index is 441. The number of aryl methyl sites for hydroxylation is 1. The average Bonchev–Trinajstić information content (AvgIpc) is 2.81. The molecule has 0 saturated heterocycles. The zero-order chi connectivity index (χ0) is 11.9. The molecule has 1 nitrogen and oxygen atoms in total. The number of aromatic nitrogens is 1. The summed E-state index contributed by atoms with van der Waals surface area (Å²) in [4.78, 5) is 3.24. The van der Waals surface area contributed by atoms with Crippen LogP contribution in [0.3, 0.4) is 0 Å². The number of unbranched alkanes of at least 4 members (excludes halogenated alkanes) is 5. The summed E-state index contributed by atoms with van der Waals surface area (Å²) in [6.07, 6.45) is 11.5. The van der Waals surface area contributed by atoms with E-state index in [0.717, 1.165) is 0 Å². The second-order valence-corrected chi connectivity index (χ2v) is 4.92. The summed E-state index contributed by atoms with van der Waals surface area (Å²) in [5.41, 5.74) is 2.73. The summed E-state index contributed by atoms with van der Waals surface area (Å²) < 4.78 is 0. The van der Waals surface area contributed by atoms with E-state index in [4.69, 9.17) is 0 Å². The third-order valence-electron chi connectivity index (χ3n) is 3.44. The van der Waals surface area contributed by atoms with Gasteiger partial charge in [-0.15, -0.1) is 0 Å². The van der Waals surface area contributed by atoms with E-state index in [1.54, 1.807) is 0 Å². The van der Waals surface area contributed by atoms with Crippen LogP contribution >= 0.6 is 0 Å². The largest absolute Gasteiger partial charge is 0.361 e. The van der Waals surface area contributed by atoms with E-state index in [9.17, 15) is 0 Å². The molecule has 0 atom stereocenters. The highest BCUT2D eigenvalue weighted by Gasteiger charge is 1.97. The minimum atomic E-state index is 1.23. The zero-order valence-corrected chi connectivity index (χ0v) is 10.8. The maximum absolute atomic E-state index is 3.24. The molecule has 0 amide bonds. The summed E-state index contributed by atoms with van der Waals surface area (Å²) in [5.74, 6) is 0. The van der Waals surface area contributed by atoms with Crippen molar-refractivity contribution in [2.24, 2.45) is 0 Å². The number of hydrogen-bond acceptors (Lipinski definition) is 0. The van der Waals surface area contributed by atoms with Crippen LogP contribution in [0.15, 0.2) is 30.5 Å². The fourth-order valence-electron chi connectivity index (χ4n) is 2.37. The minimum absolute atomic E-state index is 1.23. The maximum atomic E-state index is 3.24. The van der Waals surface area contributed by atoms with E-state index in [1.165, 1.54) is 61.4 Å². The molecular weight excluding hydrogens is 206 g/mol. The number of benzene rings is 1. The first-order valence-electron chi connectivity index (χ1n) is 6.96. The topological polar surface area (TPSA) is 15.8 Å². The molecule has 0 unspecified atom stereocenters. The smallest absolute Gasteiger partial charge is 0.0454 e. The van der Waals surface area contributed by atoms with Gasteiger partial charge in [0.25, 0.3) is 0 Å². The summed E-state index contributed by atoms with van der Waals surface area (Å²) in [7, 11) is 0. The predicted octanol–water partition coefficient (Wildman–Crippen LogP) is 5.07. The van der Waals surface area contributed by atoms with Crippen LogP contribution in [0.2, 0.25) is 0 Å². The van der Waals surface area contributed by atoms with E-state index in [0.29, 0.717) is 0 Å². The first-order chi connectivity index (χ1) is 8.40. The number of hydrogen-bond donors (Lipinski definition) is 1. The van der Waals surface area contributed by atoms with Gasteiger partial charge in [0.1, 0.15) is 0 Å². The van der Waals surface area contributed by atoms with Gasteiger partial charge in [-0.2, -0.15) is 0 Å². The van der Waals surface area contributed by atoms with Crippen molar-refractivity contribution in [3.05, 3.63) is 36.0 Å². The van der Waals surface area contributed by atoms with Crippen LogP contribution in [0.5, 0.6) is 0 Å². The van der Waals surface area contributed by atoms with Crippen LogP contribution in [0.1, 0.15) is 51.0 Å². The molecule has 17 heavy (non-hydrogen) atoms. The predicted molar refractivity (Wildman–Crippen MR) is 75.4 cm³/mol. The molecule has 0 radical (unpaired) electrons. The summed E-state index contributed by atoms with van der Waals surface area (Å²) >= 11 is 0. The van der Waals surface area contributed by atoms with Crippen molar-refractivity contribution in [3.63, 3.8) is 0 Å². The molecule has 0 aliphatic rings. The minimum Gasteiger partial charge on any atom is -0.361 e. The molecule has 92 valence electrons. The lowest BCUT2D eigenvalue weighted by Gasteiger charge is -2.02. The second kappa shape index (κ2) is 6.48. The van der Waals surface area contributed by atoms with Crippen molar-refractivity contribution in [2.45, 2.75) is 51.9 Å². The van der Waals surface area contributed by atoms with Gasteiger partial charge in [-0.05, 0) is 42.0 Å². The Hall–Kier alpha value is -1.24. The highest BCUT2D eigenvalue weighted by atomic mass is 14.7. The number of fused-ring (bicyclic) bond motifs is 1. The van der Waals surface area contributed by atoms with E-state index < -0.39 is 0 Å². The molecule has 2 aromatic rings. The van der Waals surface area contributed by atoms with Crippen LogP contribution in [0.25, 0.3) is 10.9 Å². The van der Waals surface area contributed by atoms with Crippen LogP contribution in [-0.4, -0.2) is 4.98 Å². The molecular formula is C16H23N. The molecule has 1 aromatic heterocycles. The van der Waals surface area contributed by atoms with Crippen molar-refractivity contribution >= 4 is 10.9 Å². The lowest BCUT2D eigenvalue weighted by molar-refractivity contribution is 0.607. The Morgan fingerprint density at radius 3 is 2.65 bits per heavy atom. The molecule has 1 heteroatoms. The first kappa shape index (κ1) is 12.2. The highest BCUT2D eigenvalue weighted by Crippen LogP contribution is 2.16. The Kier molecular flexibility index (Phi) is 4.66. The van der Waals surface area contributed by atoms with Crippen LogP contribution in [-0.2, 0) is 6.42 Å². The van der Waals surface area contributed by atoms with Gasteiger partial charge in [-0.1, -0.05) is 45.1 Å². The lowest BCUT2D eigenvalue weighted by Crippen LogP contribution is -1.86. The monoisotopic (exact) mass is 229 g/mol. The van der Waals surface area contributed by atoms with Gasteiger partial charge >= 0.3 is 0 Å². The SMILES string of the molecule is CCCCCCCCc1ccc2[nH]ccc2c1. The van der Waals surface area contributed by atoms with Crippen molar-refractivity contribution in [2.75, 3.05) is 0 Å². The van der Waals surface area contributed by atoms with Gasteiger partial charge in [0.05, 0.1) is 0 Å². The summed E-state index contributed by atoms with van der Waals surface area (Å²) in [5, 5.41) is 1.34. The van der Waals surface area contributed by atoms with Crippen LogP contribution < -0.4 is 0 Å². The van der Waals surface area contributed by atoms with E-state index in [1.807, 2.05) is 6.20 Å². The number of nitrogens with one attached hydrogen (secondary N) is 1. The molecule has 2 rings (SSSR count). The number of H-pyrrole nitrogens is 1. The van der Waals surface area contributed by atoms with Crippen molar-refractivity contribution in [1.29, 1.82) is 0 Å². The summed E-state index contributed by atoms with van der Waals surface area (Å²) in [6, 6.07) is 8.92. The van der Waals surface area contributed by atoms with Gasteiger partial charge in [-0.3, -0.25) is 0 Å². The Labute approximate surface area is 104 Å². The van der Waals surface area contributed by atoms with E-state index in [-0.39, 0.29) is 0 Å². The van der Waals surface area contributed by atoms with Crippen molar-refractivity contribution < 1.29 is 0 Å². The zero-order valence-electron chi connectivity index (χ0n) is 10.8. The van der Waals surface area contributed by atoms with Crippen LogP contribution in [0.4, 0.5) is 0 Å². The molecule has 1 aromatic carbocycles. The molecule has 1 heterocycles. The van der Waals surface area contributed by atoms with E-state index >= 15 is 0 Å². The Morgan fingerprint density at radius 1 is 0.941 bits per heavy atom. The van der Waals surface area contributed by atoms with Gasteiger partial charge in [-0.25, -0.2) is 0 Å². The molecule has 0 saturated carbocycles. The lowest BCUT2D eigenvalue weighted by atomic mass is 10.0. The van der Waals surface area contributed by atoms with Crippen LogP contribution in [0, 0.1) is 0 Å².